The summed E-state index contributed by atoms with van der Waals surface area (Å²) in [5.41, 5.74) is 10.4. The monoisotopic (exact) mass is 593 g/mol. The van der Waals surface area contributed by atoms with Crippen LogP contribution in [0.25, 0.3) is 0 Å². The van der Waals surface area contributed by atoms with E-state index in [1.165, 1.54) is 45.0 Å². The first-order valence-electron chi connectivity index (χ1n) is 14.0. The number of ether oxygens (including phenoxy) is 3. The number of methoxy groups -OCH3 is 3. The number of rotatable bonds is 12. The van der Waals surface area contributed by atoms with Crippen molar-refractivity contribution in [2.75, 3.05) is 34.4 Å². The molecule has 1 aromatic rings. The maximum atomic E-state index is 14.2. The zero-order valence-electron chi connectivity index (χ0n) is 24.8. The Kier molecular flexibility index (Phi) is 10.6. The van der Waals surface area contributed by atoms with Crippen molar-refractivity contribution in [3.05, 3.63) is 17.7 Å². The van der Waals surface area contributed by atoms with Gasteiger partial charge in [-0.15, -0.1) is 0 Å². The molecule has 2 aliphatic rings. The summed E-state index contributed by atoms with van der Waals surface area (Å²) in [6.07, 6.45) is -0.849. The van der Waals surface area contributed by atoms with Crippen LogP contribution in [-0.2, 0) is 25.6 Å². The summed E-state index contributed by atoms with van der Waals surface area (Å²) in [4.78, 5) is 56.3. The average Bonchev–Trinajstić information content (AvgIpc) is 3.62. The van der Waals surface area contributed by atoms with Gasteiger partial charge in [-0.25, -0.2) is 0 Å². The first-order chi connectivity index (χ1) is 19.8. The number of likely N-dealkylation sites (tertiary alicyclic amines) is 2. The van der Waals surface area contributed by atoms with Gasteiger partial charge in [0.05, 0.1) is 33.5 Å². The van der Waals surface area contributed by atoms with E-state index < -0.39 is 59.5 Å². The first kappa shape index (κ1) is 32.9. The van der Waals surface area contributed by atoms with E-state index in [9.17, 15) is 29.4 Å². The van der Waals surface area contributed by atoms with Gasteiger partial charge < -0.3 is 51.0 Å². The SMILES string of the molecule is COc1cc(C[C@@]2(C(=O)N[C@H](C(N)=O)[C@@H](C)O)CCCN2C(=O)[C@@H]2CCCN2C(=O)[C@@H](N)[C@@H](C)O)cc(OC)c1OC. The third-order valence-electron chi connectivity index (χ3n) is 8.10. The van der Waals surface area contributed by atoms with Gasteiger partial charge in [0.25, 0.3) is 0 Å². The van der Waals surface area contributed by atoms with Crippen LogP contribution < -0.4 is 31.0 Å². The van der Waals surface area contributed by atoms with Crippen LogP contribution in [0.5, 0.6) is 17.2 Å². The van der Waals surface area contributed by atoms with Crippen LogP contribution in [0.3, 0.4) is 0 Å². The molecule has 0 saturated carbocycles. The third kappa shape index (κ3) is 6.40. The van der Waals surface area contributed by atoms with Gasteiger partial charge in [0.2, 0.25) is 29.4 Å². The van der Waals surface area contributed by atoms with Crippen molar-refractivity contribution in [1.29, 1.82) is 0 Å². The number of aliphatic hydroxyl groups excluding tert-OH is 2. The normalized spacial score (nSPS) is 23.1. The van der Waals surface area contributed by atoms with E-state index >= 15 is 0 Å². The first-order valence-corrected chi connectivity index (χ1v) is 14.0. The van der Waals surface area contributed by atoms with Gasteiger partial charge in [-0.2, -0.15) is 0 Å². The highest BCUT2D eigenvalue weighted by Crippen LogP contribution is 2.42. The number of carbonyl (C=O) groups is 4. The molecule has 2 saturated heterocycles. The van der Waals surface area contributed by atoms with Crippen molar-refractivity contribution >= 4 is 23.6 Å². The minimum atomic E-state index is -1.52. The van der Waals surface area contributed by atoms with Gasteiger partial charge in [-0.1, -0.05) is 0 Å². The van der Waals surface area contributed by atoms with Crippen molar-refractivity contribution < 1.29 is 43.6 Å². The molecule has 42 heavy (non-hydrogen) atoms. The number of nitrogens with zero attached hydrogens (tertiary/aromatic N) is 2. The van der Waals surface area contributed by atoms with Gasteiger partial charge in [-0.05, 0) is 57.2 Å². The quantitative estimate of drug-likeness (QED) is 0.193. The second kappa shape index (κ2) is 13.6. The molecule has 7 N–H and O–H groups in total. The van der Waals surface area contributed by atoms with Crippen molar-refractivity contribution in [1.82, 2.24) is 15.1 Å². The second-order valence-electron chi connectivity index (χ2n) is 10.9. The lowest BCUT2D eigenvalue weighted by Crippen LogP contribution is -2.65. The number of benzene rings is 1. The number of aliphatic hydroxyl groups is 2. The molecule has 0 unspecified atom stereocenters. The molecule has 0 spiro atoms. The van der Waals surface area contributed by atoms with Gasteiger partial charge in [0.1, 0.15) is 23.7 Å². The molecule has 1 aromatic carbocycles. The fourth-order valence-electron chi connectivity index (χ4n) is 5.85. The summed E-state index contributed by atoms with van der Waals surface area (Å²) in [5.74, 6) is -1.58. The number of nitrogens with one attached hydrogen (secondary N) is 1. The lowest BCUT2D eigenvalue weighted by molar-refractivity contribution is -0.152. The number of nitrogens with two attached hydrogens (primary N) is 2. The zero-order chi connectivity index (χ0) is 31.4. The lowest BCUT2D eigenvalue weighted by atomic mass is 9.85. The Balaban J connectivity index is 2.08. The maximum Gasteiger partial charge on any atom is 0.247 e. The topological polar surface area (TPSA) is 207 Å². The lowest BCUT2D eigenvalue weighted by Gasteiger charge is -2.41. The summed E-state index contributed by atoms with van der Waals surface area (Å²) in [7, 11) is 4.38. The molecule has 0 aromatic heterocycles. The molecule has 2 aliphatic heterocycles. The highest BCUT2D eigenvalue weighted by Gasteiger charge is 2.53. The van der Waals surface area contributed by atoms with Crippen LogP contribution in [0.15, 0.2) is 12.1 Å². The van der Waals surface area contributed by atoms with Gasteiger partial charge in [0, 0.05) is 19.5 Å². The fourth-order valence-corrected chi connectivity index (χ4v) is 5.85. The van der Waals surface area contributed by atoms with E-state index in [0.29, 0.717) is 42.1 Å². The minimum Gasteiger partial charge on any atom is -0.493 e. The Hall–Kier alpha value is -3.62. The largest absolute Gasteiger partial charge is 0.493 e. The Morgan fingerprint density at radius 2 is 1.64 bits per heavy atom. The molecule has 6 atom stereocenters. The smallest absolute Gasteiger partial charge is 0.247 e. The molecule has 0 radical (unpaired) electrons. The Labute approximate surface area is 245 Å². The minimum absolute atomic E-state index is 0.0135. The van der Waals surface area contributed by atoms with Crippen molar-refractivity contribution in [3.8, 4) is 17.2 Å². The van der Waals surface area contributed by atoms with Crippen molar-refractivity contribution in [3.63, 3.8) is 0 Å². The molecule has 0 bridgehead atoms. The molecule has 234 valence electrons. The van der Waals surface area contributed by atoms with Crippen LogP contribution in [0, 0.1) is 0 Å². The van der Waals surface area contributed by atoms with Crippen LogP contribution in [0.1, 0.15) is 45.1 Å². The standard InChI is InChI=1S/C28H43N5O9/c1-15(34)21(29)26(38)32-10-6-8-18(32)25(37)33-11-7-9-28(33,27(39)31-22(16(2)35)24(30)36)14-17-12-19(40-3)23(42-5)20(13-17)41-4/h12-13,15-16,18,21-22,34-35H,6-11,14,29H2,1-5H3,(H2,30,36)(H,31,39)/t15-,16-,18+,21+,22+,28-/m1/s1. The molecule has 2 heterocycles. The predicted octanol–water partition coefficient (Wildman–Crippen LogP) is -1.33. The van der Waals surface area contributed by atoms with E-state index in [1.54, 1.807) is 12.1 Å². The molecule has 3 rings (SSSR count). The summed E-state index contributed by atoms with van der Waals surface area (Å²) >= 11 is 0. The van der Waals surface area contributed by atoms with Gasteiger partial charge >= 0.3 is 0 Å². The number of hydrogen-bond acceptors (Lipinski definition) is 10. The van der Waals surface area contributed by atoms with E-state index in [2.05, 4.69) is 5.32 Å². The van der Waals surface area contributed by atoms with Crippen LogP contribution in [0.2, 0.25) is 0 Å². The molecule has 0 aliphatic carbocycles. The average molecular weight is 594 g/mol. The van der Waals surface area contributed by atoms with Gasteiger partial charge in [-0.3, -0.25) is 19.2 Å². The summed E-state index contributed by atoms with van der Waals surface area (Å²) < 4.78 is 16.4. The summed E-state index contributed by atoms with van der Waals surface area (Å²) in [5, 5.41) is 22.6. The summed E-state index contributed by atoms with van der Waals surface area (Å²) in [6, 6.07) is -0.154. The third-order valence-corrected chi connectivity index (χ3v) is 8.10. The molecule has 4 amide bonds. The van der Waals surface area contributed by atoms with E-state index in [1.807, 2.05) is 0 Å². The molecular formula is C28H43N5O9. The molecule has 14 heteroatoms. The zero-order valence-corrected chi connectivity index (χ0v) is 24.8. The van der Waals surface area contributed by atoms with E-state index in [-0.39, 0.29) is 25.9 Å². The Bertz CT molecular complexity index is 1150. The van der Waals surface area contributed by atoms with Crippen LogP contribution >= 0.6 is 0 Å². The van der Waals surface area contributed by atoms with Crippen LogP contribution in [-0.4, -0.2) is 114 Å². The number of hydrogen-bond donors (Lipinski definition) is 5. The second-order valence-corrected chi connectivity index (χ2v) is 10.9. The maximum absolute atomic E-state index is 14.2. The molecule has 2 fully saturated rings. The van der Waals surface area contributed by atoms with E-state index in [0.717, 1.165) is 0 Å². The number of carbonyl (C=O) groups excluding carboxylic acids is 4. The Morgan fingerprint density at radius 3 is 2.14 bits per heavy atom. The highest BCUT2D eigenvalue weighted by molar-refractivity contribution is 5.98. The number of primary amides is 1. The van der Waals surface area contributed by atoms with Crippen molar-refractivity contribution in [2.24, 2.45) is 11.5 Å². The highest BCUT2D eigenvalue weighted by atomic mass is 16.5. The fraction of sp³-hybridized carbons (Fsp3) is 0.643. The molecule has 14 nitrogen and oxygen atoms in total. The Morgan fingerprint density at radius 1 is 1.02 bits per heavy atom. The van der Waals surface area contributed by atoms with E-state index in [4.69, 9.17) is 25.7 Å². The summed E-state index contributed by atoms with van der Waals surface area (Å²) in [6.45, 7) is 3.21. The number of amides is 4. The predicted molar refractivity (Wildman–Crippen MR) is 151 cm³/mol. The molecular weight excluding hydrogens is 550 g/mol. The van der Waals surface area contributed by atoms with Gasteiger partial charge in [0.15, 0.2) is 11.5 Å². The van der Waals surface area contributed by atoms with Crippen LogP contribution in [0.4, 0.5) is 0 Å². The van der Waals surface area contributed by atoms with Crippen molar-refractivity contribution in [2.45, 2.75) is 81.8 Å².